The van der Waals surface area contributed by atoms with Crippen LogP contribution in [0.3, 0.4) is 0 Å². The Kier molecular flexibility index (Phi) is 6.12. The maximum Gasteiger partial charge on any atom is 0.171 e. The Hall–Kier alpha value is -2.37. The Morgan fingerprint density at radius 2 is 1.33 bits per heavy atom. The van der Waals surface area contributed by atoms with Gasteiger partial charge in [-0.15, -0.1) is 0 Å². The van der Waals surface area contributed by atoms with E-state index in [4.69, 9.17) is 5.11 Å². The molecule has 0 saturated heterocycles. The summed E-state index contributed by atoms with van der Waals surface area (Å²) >= 11 is 0. The van der Waals surface area contributed by atoms with E-state index in [1.54, 1.807) is 0 Å². The van der Waals surface area contributed by atoms with Crippen LogP contribution in [0.5, 0.6) is 0 Å². The Morgan fingerprint density at radius 1 is 0.833 bits per heavy atom. The number of aliphatic hydroxyl groups excluding tert-OH is 1. The Morgan fingerprint density at radius 3 is 1.67 bits per heavy atom. The molecule has 0 amide bonds. The number of allylic oxidation sites excluding steroid dienone is 4. The number of hydrogen-bond acceptors (Lipinski definition) is 4. The highest BCUT2D eigenvalue weighted by Gasteiger charge is 2.07. The van der Waals surface area contributed by atoms with Gasteiger partial charge in [0.1, 0.15) is 11.3 Å². The van der Waals surface area contributed by atoms with Gasteiger partial charge in [-0.3, -0.25) is 14.4 Å². The van der Waals surface area contributed by atoms with Crippen molar-refractivity contribution in [2.75, 3.05) is 0 Å². The Balaban J connectivity index is 5.70. The summed E-state index contributed by atoms with van der Waals surface area (Å²) in [6.45, 7) is 5.07. The topological polar surface area (TPSA) is 71.4 Å². The highest BCUT2D eigenvalue weighted by molar-refractivity contribution is 6.18. The molecular formula is C14H13O4. The molecule has 0 aliphatic carbocycles. The van der Waals surface area contributed by atoms with Gasteiger partial charge >= 0.3 is 0 Å². The second-order valence-corrected chi connectivity index (χ2v) is 3.50. The van der Waals surface area contributed by atoms with E-state index in [0.29, 0.717) is 0 Å². The Bertz CT molecular complexity index is 537. The fourth-order valence-electron chi connectivity index (χ4n) is 1.04. The molecular weight excluding hydrogens is 232 g/mol. The molecule has 0 bridgehead atoms. The third-order valence-corrected chi connectivity index (χ3v) is 1.86. The summed E-state index contributed by atoms with van der Waals surface area (Å²) < 4.78 is 0. The molecule has 18 heavy (non-hydrogen) atoms. The van der Waals surface area contributed by atoms with E-state index >= 15 is 0 Å². The molecule has 0 aromatic rings. The largest absolute Gasteiger partial charge is 0.512 e. The van der Waals surface area contributed by atoms with Gasteiger partial charge in [0.15, 0.2) is 17.3 Å². The first-order chi connectivity index (χ1) is 8.27. The summed E-state index contributed by atoms with van der Waals surface area (Å²) in [6, 6.07) is 0. The van der Waals surface area contributed by atoms with Crippen molar-refractivity contribution < 1.29 is 19.5 Å². The zero-order valence-corrected chi connectivity index (χ0v) is 10.7. The molecule has 0 atom stereocenters. The van der Waals surface area contributed by atoms with Crippen molar-refractivity contribution >= 4 is 17.3 Å². The average molecular weight is 245 g/mol. The number of aliphatic hydroxyl groups is 1. The maximum absolute atomic E-state index is 11.0. The summed E-state index contributed by atoms with van der Waals surface area (Å²) in [7, 11) is 0. The molecule has 0 aromatic carbocycles. The quantitative estimate of drug-likeness (QED) is 0.205. The molecule has 0 aliphatic rings. The van der Waals surface area contributed by atoms with Gasteiger partial charge in [0.25, 0.3) is 0 Å². The summed E-state index contributed by atoms with van der Waals surface area (Å²) in [5.74, 6) is -1.44. The lowest BCUT2D eigenvalue weighted by Gasteiger charge is -1.93. The number of Topliss-reactive ketones (excluding diaryl/α,β-unsaturated/α-hetero) is 3. The van der Waals surface area contributed by atoms with Crippen molar-refractivity contribution in [3.63, 3.8) is 0 Å². The molecule has 0 heterocycles. The molecule has 0 fully saturated rings. The van der Waals surface area contributed by atoms with Crippen LogP contribution in [0.25, 0.3) is 0 Å². The van der Waals surface area contributed by atoms with E-state index in [1.807, 2.05) is 0 Å². The molecule has 1 N–H and O–H groups in total. The van der Waals surface area contributed by atoms with Crippen LogP contribution in [0.4, 0.5) is 0 Å². The SMILES string of the molecule is CC(=O)C(=C=C=C=[C]/C(C(C)=O)=C(/C)O)C(C)=O. The van der Waals surface area contributed by atoms with Gasteiger partial charge in [0, 0.05) is 0 Å². The minimum absolute atomic E-state index is 0.0449. The standard InChI is InChI=1S/C14H13O4/c1-9(15)13(10(2)16)7-5-6-8-14(11(3)17)12(4)18/h15H,1-4H3/b13-9+. The molecule has 4 nitrogen and oxygen atoms in total. The molecule has 0 spiro atoms. The van der Waals surface area contributed by atoms with Crippen LogP contribution in [0.1, 0.15) is 27.7 Å². The van der Waals surface area contributed by atoms with Crippen LogP contribution in [-0.2, 0) is 14.4 Å². The monoisotopic (exact) mass is 245 g/mol. The van der Waals surface area contributed by atoms with Gasteiger partial charge in [0.2, 0.25) is 0 Å². The van der Waals surface area contributed by atoms with Gasteiger partial charge in [-0.25, -0.2) is 0 Å². The van der Waals surface area contributed by atoms with Crippen molar-refractivity contribution in [2.45, 2.75) is 27.7 Å². The van der Waals surface area contributed by atoms with E-state index in [-0.39, 0.29) is 22.7 Å². The Labute approximate surface area is 105 Å². The smallest absolute Gasteiger partial charge is 0.171 e. The fourth-order valence-corrected chi connectivity index (χ4v) is 1.04. The van der Waals surface area contributed by atoms with Crippen molar-refractivity contribution in [2.24, 2.45) is 0 Å². The number of hydrogen-bond donors (Lipinski definition) is 1. The van der Waals surface area contributed by atoms with Crippen molar-refractivity contribution in [1.82, 2.24) is 0 Å². The fraction of sp³-hybridized carbons (Fsp3) is 0.286. The van der Waals surface area contributed by atoms with Crippen LogP contribution in [-0.4, -0.2) is 22.5 Å². The first-order valence-corrected chi connectivity index (χ1v) is 5.09. The van der Waals surface area contributed by atoms with Crippen LogP contribution >= 0.6 is 0 Å². The lowest BCUT2D eigenvalue weighted by Crippen LogP contribution is -2.04. The second kappa shape index (κ2) is 7.05. The third kappa shape index (κ3) is 5.11. The highest BCUT2D eigenvalue weighted by Crippen LogP contribution is 2.02. The molecule has 0 aliphatic heterocycles. The average Bonchev–Trinajstić information content (AvgIpc) is 2.20. The number of ketones is 3. The first-order valence-electron chi connectivity index (χ1n) is 5.09. The molecule has 0 rings (SSSR count). The summed E-state index contributed by atoms with van der Waals surface area (Å²) in [6.07, 6.45) is 2.37. The predicted octanol–water partition coefficient (Wildman–Crippen LogP) is 1.78. The van der Waals surface area contributed by atoms with Crippen molar-refractivity contribution in [3.05, 3.63) is 40.2 Å². The minimum atomic E-state index is -0.433. The maximum atomic E-state index is 11.0. The summed E-state index contributed by atoms with van der Waals surface area (Å²) in [5.41, 5.74) is 6.76. The number of carbonyl (C=O) groups is 3. The molecule has 0 saturated carbocycles. The van der Waals surface area contributed by atoms with Crippen LogP contribution < -0.4 is 0 Å². The van der Waals surface area contributed by atoms with Crippen LogP contribution in [0.15, 0.2) is 34.1 Å². The lowest BCUT2D eigenvalue weighted by molar-refractivity contribution is -0.119. The van der Waals surface area contributed by atoms with Gasteiger partial charge in [0.05, 0.1) is 11.6 Å². The van der Waals surface area contributed by atoms with Crippen molar-refractivity contribution in [3.8, 4) is 0 Å². The zero-order chi connectivity index (χ0) is 14.3. The predicted molar refractivity (Wildman–Crippen MR) is 64.7 cm³/mol. The van der Waals surface area contributed by atoms with E-state index in [2.05, 4.69) is 23.3 Å². The van der Waals surface area contributed by atoms with E-state index in [0.717, 1.165) is 0 Å². The molecule has 93 valence electrons. The molecule has 4 heteroatoms. The first kappa shape index (κ1) is 15.6. The van der Waals surface area contributed by atoms with Crippen LogP contribution in [0, 0.1) is 6.08 Å². The summed E-state index contributed by atoms with van der Waals surface area (Å²) in [5, 5.41) is 9.16. The second-order valence-electron chi connectivity index (χ2n) is 3.50. The van der Waals surface area contributed by atoms with Gasteiger partial charge in [-0.1, -0.05) is 5.73 Å². The summed E-state index contributed by atoms with van der Waals surface area (Å²) in [4.78, 5) is 33.1. The van der Waals surface area contributed by atoms with E-state index in [1.165, 1.54) is 27.7 Å². The number of rotatable bonds is 4. The molecule has 0 aromatic heterocycles. The molecule has 1 radical (unpaired) electrons. The van der Waals surface area contributed by atoms with Gasteiger partial charge in [-0.2, -0.15) is 0 Å². The van der Waals surface area contributed by atoms with Gasteiger partial charge < -0.3 is 5.11 Å². The van der Waals surface area contributed by atoms with E-state index in [9.17, 15) is 14.4 Å². The van der Waals surface area contributed by atoms with E-state index < -0.39 is 11.6 Å². The van der Waals surface area contributed by atoms with Crippen molar-refractivity contribution in [1.29, 1.82) is 0 Å². The lowest BCUT2D eigenvalue weighted by atomic mass is 10.1. The van der Waals surface area contributed by atoms with Gasteiger partial charge in [-0.05, 0) is 39.2 Å². The molecule has 0 unspecified atom stereocenters. The normalized spacial score (nSPS) is 10.2. The minimum Gasteiger partial charge on any atom is -0.512 e. The third-order valence-electron chi connectivity index (χ3n) is 1.86. The number of carbonyl (C=O) groups excluding carboxylic acids is 3. The van der Waals surface area contributed by atoms with Crippen LogP contribution in [0.2, 0.25) is 0 Å². The highest BCUT2D eigenvalue weighted by atomic mass is 16.3. The zero-order valence-electron chi connectivity index (χ0n) is 10.7.